The molecule has 0 aromatic heterocycles. The Labute approximate surface area is 106 Å². The van der Waals surface area contributed by atoms with Crippen molar-refractivity contribution in [1.29, 1.82) is 0 Å². The molecule has 0 amide bonds. The summed E-state index contributed by atoms with van der Waals surface area (Å²) in [4.78, 5) is -0.244. The molecule has 0 radical (unpaired) electrons. The summed E-state index contributed by atoms with van der Waals surface area (Å²) in [5.41, 5.74) is 0.213. The van der Waals surface area contributed by atoms with Crippen molar-refractivity contribution < 1.29 is 22.8 Å². The molecule has 0 fully saturated rings. The molecule has 0 spiro atoms. The first-order chi connectivity index (χ1) is 8.36. The molecule has 0 saturated carbocycles. The van der Waals surface area contributed by atoms with E-state index in [1.807, 2.05) is 0 Å². The normalized spacial score (nSPS) is 13.1. The lowest BCUT2D eigenvalue weighted by Crippen LogP contribution is -2.11. The van der Waals surface area contributed by atoms with Crippen LogP contribution in [0.4, 0.5) is 0 Å². The van der Waals surface area contributed by atoms with Crippen LogP contribution in [0.15, 0.2) is 35.7 Å². The Bertz CT molecular complexity index is 521. The van der Waals surface area contributed by atoms with Crippen LogP contribution in [0.1, 0.15) is 18.9 Å². The molecule has 18 heavy (non-hydrogen) atoms. The largest absolute Gasteiger partial charge is 0.491 e. The Morgan fingerprint density at radius 2 is 2.06 bits per heavy atom. The molecule has 1 unspecified atom stereocenters. The zero-order valence-electron chi connectivity index (χ0n) is 10.0. The summed E-state index contributed by atoms with van der Waals surface area (Å²) >= 11 is 0. The second-order valence-electron chi connectivity index (χ2n) is 3.84. The summed E-state index contributed by atoms with van der Waals surface area (Å²) in [6, 6.07) is 5.89. The maximum atomic E-state index is 11.2. The molecule has 1 aromatic carbocycles. The van der Waals surface area contributed by atoms with Gasteiger partial charge in [-0.05, 0) is 19.1 Å². The Kier molecular flexibility index (Phi) is 4.89. The molecule has 2 N–H and O–H groups in total. The fourth-order valence-corrected chi connectivity index (χ4v) is 2.18. The van der Waals surface area contributed by atoms with Gasteiger partial charge in [-0.25, -0.2) is 0 Å². The molecule has 6 heteroatoms. The molecule has 0 aliphatic heterocycles. The molecule has 1 aromatic rings. The van der Waals surface area contributed by atoms with E-state index in [2.05, 4.69) is 6.58 Å². The van der Waals surface area contributed by atoms with Crippen molar-refractivity contribution in [3.8, 4) is 0 Å². The fraction of sp³-hybridized carbons (Fsp3) is 0.333. The lowest BCUT2D eigenvalue weighted by Gasteiger charge is -2.17. The van der Waals surface area contributed by atoms with Gasteiger partial charge in [0.2, 0.25) is 0 Å². The lowest BCUT2D eigenvalue weighted by atomic mass is 10.2. The van der Waals surface area contributed by atoms with Crippen molar-refractivity contribution in [3.05, 3.63) is 36.4 Å². The molecular weight excluding hydrogens is 256 g/mol. The third kappa shape index (κ3) is 3.83. The van der Waals surface area contributed by atoms with Crippen LogP contribution in [-0.4, -0.2) is 30.8 Å². The minimum absolute atomic E-state index is 0.0333. The van der Waals surface area contributed by atoms with Gasteiger partial charge in [0.1, 0.15) is 10.7 Å². The maximum absolute atomic E-state index is 11.2. The van der Waals surface area contributed by atoms with Crippen molar-refractivity contribution >= 4 is 15.9 Å². The molecular formula is C12H16O5S. The molecule has 0 aliphatic rings. The molecule has 0 bridgehead atoms. The van der Waals surface area contributed by atoms with E-state index in [0.29, 0.717) is 6.42 Å². The standard InChI is InChI=1S/C12H16O5S/c1-9(7-8-13)17-10(2)11-5-3-4-6-12(11)18(14,15)16/h3-6,9,13H,2,7-8H2,1H3,(H,14,15,16). The van der Waals surface area contributed by atoms with Crippen LogP contribution in [-0.2, 0) is 14.9 Å². The molecule has 100 valence electrons. The highest BCUT2D eigenvalue weighted by Gasteiger charge is 2.18. The van der Waals surface area contributed by atoms with E-state index < -0.39 is 10.1 Å². The van der Waals surface area contributed by atoms with Crippen LogP contribution >= 0.6 is 0 Å². The van der Waals surface area contributed by atoms with Gasteiger partial charge in [-0.2, -0.15) is 8.42 Å². The minimum atomic E-state index is -4.32. The van der Waals surface area contributed by atoms with Gasteiger partial charge in [0.05, 0.1) is 6.10 Å². The predicted octanol–water partition coefficient (Wildman–Crippen LogP) is 1.69. The van der Waals surface area contributed by atoms with E-state index in [0.717, 1.165) is 0 Å². The smallest absolute Gasteiger partial charge is 0.295 e. The van der Waals surface area contributed by atoms with Crippen LogP contribution in [0, 0.1) is 0 Å². The highest BCUT2D eigenvalue weighted by molar-refractivity contribution is 7.85. The first-order valence-corrected chi connectivity index (χ1v) is 6.83. The Hall–Kier alpha value is -1.37. The second-order valence-corrected chi connectivity index (χ2v) is 5.23. The number of ether oxygens (including phenoxy) is 1. The number of rotatable bonds is 6. The van der Waals surface area contributed by atoms with Gasteiger partial charge in [-0.1, -0.05) is 18.7 Å². The van der Waals surface area contributed by atoms with E-state index in [-0.39, 0.29) is 28.9 Å². The zero-order valence-corrected chi connectivity index (χ0v) is 10.9. The van der Waals surface area contributed by atoms with E-state index in [4.69, 9.17) is 14.4 Å². The van der Waals surface area contributed by atoms with Crippen molar-refractivity contribution in [3.63, 3.8) is 0 Å². The van der Waals surface area contributed by atoms with Gasteiger partial charge in [-0.15, -0.1) is 0 Å². The Balaban J connectivity index is 3.00. The van der Waals surface area contributed by atoms with E-state index in [1.54, 1.807) is 13.0 Å². The van der Waals surface area contributed by atoms with Crippen LogP contribution < -0.4 is 0 Å². The quantitative estimate of drug-likeness (QED) is 0.608. The van der Waals surface area contributed by atoms with Gasteiger partial charge >= 0.3 is 0 Å². The third-order valence-corrected chi connectivity index (χ3v) is 3.26. The number of benzene rings is 1. The summed E-state index contributed by atoms with van der Waals surface area (Å²) < 4.78 is 36.9. The average Bonchev–Trinajstić information content (AvgIpc) is 2.28. The van der Waals surface area contributed by atoms with Crippen LogP contribution in [0.25, 0.3) is 5.76 Å². The van der Waals surface area contributed by atoms with Crippen LogP contribution in [0.5, 0.6) is 0 Å². The molecule has 5 nitrogen and oxygen atoms in total. The average molecular weight is 272 g/mol. The summed E-state index contributed by atoms with van der Waals surface area (Å²) in [6.45, 7) is 5.34. The molecule has 0 saturated heterocycles. The van der Waals surface area contributed by atoms with Gasteiger partial charge in [-0.3, -0.25) is 4.55 Å². The van der Waals surface area contributed by atoms with Gasteiger partial charge < -0.3 is 9.84 Å². The summed E-state index contributed by atoms with van der Waals surface area (Å²) in [5.74, 6) is 0.143. The Morgan fingerprint density at radius 3 is 2.61 bits per heavy atom. The fourth-order valence-electron chi connectivity index (χ4n) is 1.47. The monoisotopic (exact) mass is 272 g/mol. The van der Waals surface area contributed by atoms with E-state index in [1.165, 1.54) is 18.2 Å². The Morgan fingerprint density at radius 1 is 1.44 bits per heavy atom. The highest BCUT2D eigenvalue weighted by Crippen LogP contribution is 2.24. The van der Waals surface area contributed by atoms with Crippen LogP contribution in [0.3, 0.4) is 0 Å². The third-order valence-electron chi connectivity index (χ3n) is 2.34. The SMILES string of the molecule is C=C(OC(C)CCO)c1ccccc1S(=O)(=O)O. The number of aliphatic hydroxyl groups excluding tert-OH is 1. The molecule has 1 rings (SSSR count). The van der Waals surface area contributed by atoms with Gasteiger partial charge in [0.25, 0.3) is 10.1 Å². The number of hydrogen-bond acceptors (Lipinski definition) is 4. The summed E-state index contributed by atoms with van der Waals surface area (Å²) in [5, 5.41) is 8.76. The van der Waals surface area contributed by atoms with E-state index in [9.17, 15) is 8.42 Å². The second kappa shape index (κ2) is 5.99. The maximum Gasteiger partial charge on any atom is 0.295 e. The minimum Gasteiger partial charge on any atom is -0.491 e. The topological polar surface area (TPSA) is 83.8 Å². The van der Waals surface area contributed by atoms with Crippen molar-refractivity contribution in [2.24, 2.45) is 0 Å². The number of hydrogen-bond donors (Lipinski definition) is 2. The van der Waals surface area contributed by atoms with Gasteiger partial charge in [0.15, 0.2) is 0 Å². The highest BCUT2D eigenvalue weighted by atomic mass is 32.2. The predicted molar refractivity (Wildman–Crippen MR) is 67.5 cm³/mol. The lowest BCUT2D eigenvalue weighted by molar-refractivity contribution is 0.143. The molecule has 0 aliphatic carbocycles. The molecule has 1 atom stereocenters. The van der Waals surface area contributed by atoms with E-state index >= 15 is 0 Å². The summed E-state index contributed by atoms with van der Waals surface area (Å²) in [7, 11) is -4.32. The van der Waals surface area contributed by atoms with Crippen molar-refractivity contribution in [2.45, 2.75) is 24.3 Å². The summed E-state index contributed by atoms with van der Waals surface area (Å²) in [6.07, 6.45) is 0.115. The van der Waals surface area contributed by atoms with Crippen LogP contribution in [0.2, 0.25) is 0 Å². The first kappa shape index (κ1) is 14.7. The number of aliphatic hydroxyl groups is 1. The first-order valence-electron chi connectivity index (χ1n) is 5.39. The van der Waals surface area contributed by atoms with Crippen molar-refractivity contribution in [2.75, 3.05) is 6.61 Å². The van der Waals surface area contributed by atoms with Gasteiger partial charge in [0, 0.05) is 18.6 Å². The molecule has 0 heterocycles. The van der Waals surface area contributed by atoms with Crippen molar-refractivity contribution in [1.82, 2.24) is 0 Å². The zero-order chi connectivity index (χ0) is 13.8.